The Bertz CT molecular complexity index is 568. The van der Waals surface area contributed by atoms with Crippen molar-refractivity contribution < 1.29 is 0 Å². The summed E-state index contributed by atoms with van der Waals surface area (Å²) >= 11 is 0. The summed E-state index contributed by atoms with van der Waals surface area (Å²) in [5, 5.41) is 1.39. The van der Waals surface area contributed by atoms with Crippen molar-refractivity contribution in [3.8, 4) is 0 Å². The van der Waals surface area contributed by atoms with Gasteiger partial charge in [-0.25, -0.2) is 0 Å². The molecule has 1 fully saturated rings. The van der Waals surface area contributed by atoms with Gasteiger partial charge in [0.25, 0.3) is 0 Å². The fourth-order valence-corrected chi connectivity index (χ4v) is 3.35. The molecule has 2 heteroatoms. The van der Waals surface area contributed by atoms with Crippen molar-refractivity contribution in [2.24, 2.45) is 11.7 Å². The average Bonchev–Trinajstić information content (AvgIpc) is 2.85. The highest BCUT2D eigenvalue weighted by Crippen LogP contribution is 2.31. The molecule has 2 unspecified atom stereocenters. The number of aromatic nitrogens is 1. The van der Waals surface area contributed by atoms with Crippen LogP contribution in [-0.2, 0) is 6.42 Å². The monoisotopic (exact) mass is 242 g/mol. The molecule has 0 spiro atoms. The van der Waals surface area contributed by atoms with Gasteiger partial charge < -0.3 is 10.7 Å². The molecule has 3 N–H and O–H groups in total. The van der Waals surface area contributed by atoms with Gasteiger partial charge in [-0.2, -0.15) is 0 Å². The van der Waals surface area contributed by atoms with Crippen LogP contribution in [0.5, 0.6) is 0 Å². The third-order valence-corrected chi connectivity index (χ3v) is 4.46. The Balaban J connectivity index is 1.98. The van der Waals surface area contributed by atoms with Crippen molar-refractivity contribution >= 4 is 10.9 Å². The minimum atomic E-state index is 0.403. The average molecular weight is 242 g/mol. The minimum absolute atomic E-state index is 0.403. The number of H-pyrrole nitrogens is 1. The van der Waals surface area contributed by atoms with Crippen molar-refractivity contribution in [1.29, 1.82) is 0 Å². The van der Waals surface area contributed by atoms with E-state index in [0.29, 0.717) is 12.0 Å². The Morgan fingerprint density at radius 3 is 2.83 bits per heavy atom. The number of benzene rings is 1. The predicted octanol–water partition coefficient (Wildman–Crippen LogP) is 3.45. The van der Waals surface area contributed by atoms with Crippen LogP contribution in [0.15, 0.2) is 18.2 Å². The van der Waals surface area contributed by atoms with Crippen LogP contribution in [0.4, 0.5) is 0 Å². The van der Waals surface area contributed by atoms with Crippen molar-refractivity contribution in [1.82, 2.24) is 4.98 Å². The fraction of sp³-hybridized carbons (Fsp3) is 0.500. The van der Waals surface area contributed by atoms with E-state index >= 15 is 0 Å². The van der Waals surface area contributed by atoms with Crippen LogP contribution < -0.4 is 5.73 Å². The van der Waals surface area contributed by atoms with Gasteiger partial charge in [-0.3, -0.25) is 0 Å². The van der Waals surface area contributed by atoms with Gasteiger partial charge in [0, 0.05) is 22.6 Å². The molecular weight excluding hydrogens is 220 g/mol. The lowest BCUT2D eigenvalue weighted by atomic mass is 9.93. The van der Waals surface area contributed by atoms with E-state index in [1.807, 2.05) is 0 Å². The first-order chi connectivity index (χ1) is 8.65. The molecule has 1 aromatic heterocycles. The highest BCUT2D eigenvalue weighted by molar-refractivity contribution is 5.85. The molecule has 3 rings (SSSR count). The lowest BCUT2D eigenvalue weighted by molar-refractivity contribution is 0.479. The third-order valence-electron chi connectivity index (χ3n) is 4.46. The molecule has 0 saturated heterocycles. The zero-order valence-corrected chi connectivity index (χ0v) is 11.3. The normalized spacial score (nSPS) is 23.9. The number of nitrogens with one attached hydrogen (secondary N) is 1. The maximum absolute atomic E-state index is 6.20. The molecule has 1 aliphatic rings. The first kappa shape index (κ1) is 11.8. The zero-order chi connectivity index (χ0) is 12.7. The summed E-state index contributed by atoms with van der Waals surface area (Å²) in [7, 11) is 0. The van der Waals surface area contributed by atoms with Crippen molar-refractivity contribution in [3.05, 3.63) is 35.0 Å². The first-order valence-corrected chi connectivity index (χ1v) is 6.98. The van der Waals surface area contributed by atoms with E-state index in [0.717, 1.165) is 6.42 Å². The maximum Gasteiger partial charge on any atom is 0.0461 e. The van der Waals surface area contributed by atoms with Gasteiger partial charge in [-0.15, -0.1) is 0 Å². The molecule has 0 radical (unpaired) electrons. The number of aromatic amines is 1. The number of rotatable bonds is 2. The Morgan fingerprint density at radius 2 is 2.11 bits per heavy atom. The van der Waals surface area contributed by atoms with Crippen molar-refractivity contribution in [2.45, 2.75) is 45.6 Å². The summed E-state index contributed by atoms with van der Waals surface area (Å²) in [5.41, 5.74) is 11.6. The molecule has 96 valence electrons. The second kappa shape index (κ2) is 4.43. The summed E-state index contributed by atoms with van der Waals surface area (Å²) in [4.78, 5) is 3.52. The molecular formula is C16H22N2. The summed E-state index contributed by atoms with van der Waals surface area (Å²) in [6.45, 7) is 4.33. The molecule has 1 aromatic carbocycles. The molecule has 2 aromatic rings. The van der Waals surface area contributed by atoms with Crippen molar-refractivity contribution in [2.75, 3.05) is 0 Å². The molecule has 2 atom stereocenters. The second-order valence-corrected chi connectivity index (χ2v) is 5.84. The van der Waals surface area contributed by atoms with Crippen molar-refractivity contribution in [3.63, 3.8) is 0 Å². The van der Waals surface area contributed by atoms with Crippen LogP contribution in [-0.4, -0.2) is 11.0 Å². The van der Waals surface area contributed by atoms with Gasteiger partial charge in [0.05, 0.1) is 0 Å². The minimum Gasteiger partial charge on any atom is -0.358 e. The molecule has 0 bridgehead atoms. The van der Waals surface area contributed by atoms with Crippen LogP contribution in [0, 0.1) is 19.8 Å². The lowest BCUT2D eigenvalue weighted by Gasteiger charge is -2.15. The number of aryl methyl sites for hydroxylation is 2. The summed E-state index contributed by atoms with van der Waals surface area (Å²) in [5.74, 6) is 0.670. The van der Waals surface area contributed by atoms with Gasteiger partial charge in [0.2, 0.25) is 0 Å². The summed E-state index contributed by atoms with van der Waals surface area (Å²) in [6, 6.07) is 7.10. The second-order valence-electron chi connectivity index (χ2n) is 5.84. The molecule has 1 heterocycles. The number of fused-ring (bicyclic) bond motifs is 1. The van der Waals surface area contributed by atoms with Crippen LogP contribution in [0.3, 0.4) is 0 Å². The van der Waals surface area contributed by atoms with E-state index < -0.39 is 0 Å². The standard InChI is InChI=1S/C16H22N2/c1-10-6-7-13-14(11(2)18-16(13)8-10)9-12-4-3-5-15(12)17/h6-8,12,15,18H,3-5,9,17H2,1-2H3. The number of nitrogens with two attached hydrogens (primary N) is 1. The molecule has 0 amide bonds. The largest absolute Gasteiger partial charge is 0.358 e. The van der Waals surface area contributed by atoms with E-state index in [-0.39, 0.29) is 0 Å². The Labute approximate surface area is 109 Å². The van der Waals surface area contributed by atoms with Crippen LogP contribution in [0.1, 0.15) is 36.1 Å². The number of hydrogen-bond donors (Lipinski definition) is 2. The number of hydrogen-bond acceptors (Lipinski definition) is 1. The van der Waals surface area contributed by atoms with E-state index in [9.17, 15) is 0 Å². The predicted molar refractivity (Wildman–Crippen MR) is 76.8 cm³/mol. The Hall–Kier alpha value is -1.28. The molecule has 1 aliphatic carbocycles. The van der Waals surface area contributed by atoms with E-state index in [4.69, 9.17) is 5.73 Å². The molecule has 1 saturated carbocycles. The smallest absolute Gasteiger partial charge is 0.0461 e. The first-order valence-electron chi connectivity index (χ1n) is 6.98. The van der Waals surface area contributed by atoms with Crippen LogP contribution in [0.25, 0.3) is 10.9 Å². The SMILES string of the molecule is Cc1ccc2c(CC3CCCC3N)c(C)[nH]c2c1. The molecule has 18 heavy (non-hydrogen) atoms. The van der Waals surface area contributed by atoms with E-state index in [2.05, 4.69) is 37.0 Å². The Kier molecular flexibility index (Phi) is 2.90. The zero-order valence-electron chi connectivity index (χ0n) is 11.3. The van der Waals surface area contributed by atoms with Gasteiger partial charge in [-0.05, 0) is 56.2 Å². The third kappa shape index (κ3) is 1.95. The van der Waals surface area contributed by atoms with Gasteiger partial charge >= 0.3 is 0 Å². The maximum atomic E-state index is 6.20. The quantitative estimate of drug-likeness (QED) is 0.832. The van der Waals surface area contributed by atoms with Gasteiger partial charge in [-0.1, -0.05) is 18.6 Å². The lowest BCUT2D eigenvalue weighted by Crippen LogP contribution is -2.25. The summed E-state index contributed by atoms with van der Waals surface area (Å²) in [6.07, 6.45) is 4.92. The van der Waals surface area contributed by atoms with Crippen LogP contribution in [0.2, 0.25) is 0 Å². The Morgan fingerprint density at radius 1 is 1.28 bits per heavy atom. The summed E-state index contributed by atoms with van der Waals surface area (Å²) < 4.78 is 0. The highest BCUT2D eigenvalue weighted by atomic mass is 14.7. The topological polar surface area (TPSA) is 41.8 Å². The highest BCUT2D eigenvalue weighted by Gasteiger charge is 2.25. The van der Waals surface area contributed by atoms with Gasteiger partial charge in [0.15, 0.2) is 0 Å². The van der Waals surface area contributed by atoms with Gasteiger partial charge in [0.1, 0.15) is 0 Å². The van der Waals surface area contributed by atoms with E-state index in [1.165, 1.54) is 47.0 Å². The molecule has 2 nitrogen and oxygen atoms in total. The van der Waals surface area contributed by atoms with Crippen LogP contribution >= 0.6 is 0 Å². The molecule has 0 aliphatic heterocycles. The fourth-order valence-electron chi connectivity index (χ4n) is 3.35. The van der Waals surface area contributed by atoms with E-state index in [1.54, 1.807) is 0 Å².